The first kappa shape index (κ1) is 5.99. The monoisotopic (exact) mass is 97.1 g/mol. The Labute approximate surface area is 43.3 Å². The van der Waals surface area contributed by atoms with Crippen molar-refractivity contribution in [2.75, 3.05) is 7.05 Å². The largest absolute Gasteiger partial charge is 0.330 e. The topological polar surface area (TPSA) is 26.1 Å². The van der Waals surface area contributed by atoms with Crippen LogP contribution in [0.25, 0.3) is 0 Å². The van der Waals surface area contributed by atoms with Gasteiger partial charge in [-0.3, -0.25) is 5.32 Å². The van der Waals surface area contributed by atoms with E-state index in [0.29, 0.717) is 0 Å². The minimum Gasteiger partial charge on any atom is -0.270 e. The summed E-state index contributed by atoms with van der Waals surface area (Å²) in [5.74, 6) is 0. The SMILES string of the molecule is C=CC=[N+]=CNC. The van der Waals surface area contributed by atoms with E-state index in [-0.39, 0.29) is 0 Å². The van der Waals surface area contributed by atoms with E-state index in [0.717, 1.165) is 0 Å². The van der Waals surface area contributed by atoms with E-state index in [9.17, 15) is 0 Å². The Morgan fingerprint density at radius 2 is 2.43 bits per heavy atom. The van der Waals surface area contributed by atoms with Gasteiger partial charge in [0.1, 0.15) is 0 Å². The Hall–Kier alpha value is -1.01. The van der Waals surface area contributed by atoms with Crippen LogP contribution in [0.4, 0.5) is 0 Å². The average molecular weight is 97.1 g/mol. The first-order chi connectivity index (χ1) is 3.41. The van der Waals surface area contributed by atoms with Crippen LogP contribution in [0, 0.1) is 0 Å². The van der Waals surface area contributed by atoms with Gasteiger partial charge in [0.2, 0.25) is 0 Å². The summed E-state index contributed by atoms with van der Waals surface area (Å²) in [7, 11) is 1.79. The summed E-state index contributed by atoms with van der Waals surface area (Å²) in [6.45, 7) is 3.44. The summed E-state index contributed by atoms with van der Waals surface area (Å²) >= 11 is 0. The molecular formula is C5H9N2+. The van der Waals surface area contributed by atoms with Gasteiger partial charge in [-0.05, 0) is 6.08 Å². The first-order valence-electron chi connectivity index (χ1n) is 2.05. The lowest BCUT2D eigenvalue weighted by molar-refractivity contribution is 1.21. The highest BCUT2D eigenvalue weighted by Gasteiger charge is 1.61. The van der Waals surface area contributed by atoms with Gasteiger partial charge in [0.05, 0.1) is 7.05 Å². The van der Waals surface area contributed by atoms with Crippen LogP contribution in [0.1, 0.15) is 0 Å². The molecule has 0 rings (SSSR count). The molecule has 7 heavy (non-hydrogen) atoms. The molecule has 0 atom stereocenters. The van der Waals surface area contributed by atoms with Crippen LogP contribution in [-0.4, -0.2) is 19.6 Å². The molecule has 0 fully saturated rings. The van der Waals surface area contributed by atoms with Crippen molar-refractivity contribution < 1.29 is 0 Å². The molecule has 0 aliphatic heterocycles. The van der Waals surface area contributed by atoms with Crippen LogP contribution >= 0.6 is 0 Å². The highest BCUT2D eigenvalue weighted by molar-refractivity contribution is 5.73. The lowest BCUT2D eigenvalue weighted by Crippen LogP contribution is -2.02. The van der Waals surface area contributed by atoms with Crippen molar-refractivity contribution in [2.24, 2.45) is 0 Å². The maximum atomic E-state index is 3.73. The normalized spacial score (nSPS) is 5.86. The Balaban J connectivity index is 3.40. The summed E-state index contributed by atoms with van der Waals surface area (Å²) in [5, 5.41) is 2.73. The number of allylic oxidation sites excluding steroid dienone is 1. The maximum Gasteiger partial charge on any atom is 0.330 e. The number of hydrogen-bond acceptors (Lipinski definition) is 0. The molecule has 0 aromatic rings. The fraction of sp³-hybridized carbons (Fsp3) is 0.200. The van der Waals surface area contributed by atoms with Crippen LogP contribution < -0.4 is 9.98 Å². The standard InChI is InChI=1S/C5H8N2/c1-3-4-7-5-6-2/h3-5H,1H2,2H3/p+1. The zero-order chi connectivity index (χ0) is 5.54. The van der Waals surface area contributed by atoms with E-state index in [1.165, 1.54) is 0 Å². The Morgan fingerprint density at radius 3 is 2.86 bits per heavy atom. The van der Waals surface area contributed by atoms with Gasteiger partial charge < -0.3 is 0 Å². The van der Waals surface area contributed by atoms with Crippen LogP contribution in [0.2, 0.25) is 0 Å². The minimum atomic E-state index is 1.58. The molecule has 0 aromatic carbocycles. The maximum absolute atomic E-state index is 3.73. The van der Waals surface area contributed by atoms with E-state index >= 15 is 0 Å². The number of nitrogens with zero attached hydrogens (tertiary/aromatic N) is 1. The van der Waals surface area contributed by atoms with Gasteiger partial charge >= 0.3 is 6.34 Å². The molecule has 0 saturated carbocycles. The number of nitrogens with one attached hydrogen (secondary N) is 1. The summed E-state index contributed by atoms with van der Waals surface area (Å²) < 4.78 is 3.73. The third-order valence-corrected chi connectivity index (χ3v) is 0.395. The van der Waals surface area contributed by atoms with Crippen LogP contribution in [0.3, 0.4) is 0 Å². The second kappa shape index (κ2) is 4.99. The van der Waals surface area contributed by atoms with Gasteiger partial charge in [0.25, 0.3) is 0 Å². The van der Waals surface area contributed by atoms with Crippen molar-refractivity contribution in [3.8, 4) is 0 Å². The van der Waals surface area contributed by atoms with Gasteiger partial charge in [-0.15, -0.1) is 0 Å². The van der Waals surface area contributed by atoms with Crippen molar-refractivity contribution in [2.45, 2.75) is 0 Å². The highest BCUT2D eigenvalue weighted by Crippen LogP contribution is 1.37. The Kier molecular flexibility index (Phi) is 4.27. The first-order valence-corrected chi connectivity index (χ1v) is 2.05. The zero-order valence-corrected chi connectivity index (χ0v) is 4.39. The molecule has 0 spiro atoms. The summed E-state index contributed by atoms with van der Waals surface area (Å²) in [6.07, 6.45) is 4.81. The number of hydrogen-bond donors (Lipinski definition) is 1. The second-order valence-electron chi connectivity index (χ2n) is 0.952. The Morgan fingerprint density at radius 1 is 1.71 bits per heavy atom. The summed E-state index contributed by atoms with van der Waals surface area (Å²) in [5.41, 5.74) is 0. The second-order valence-corrected chi connectivity index (χ2v) is 0.952. The van der Waals surface area contributed by atoms with Gasteiger partial charge in [-0.1, -0.05) is 6.58 Å². The molecule has 0 aliphatic rings. The van der Waals surface area contributed by atoms with E-state index in [1.807, 2.05) is 0 Å². The van der Waals surface area contributed by atoms with Gasteiger partial charge in [-0.25, -0.2) is 4.67 Å². The van der Waals surface area contributed by atoms with Crippen molar-refractivity contribution >= 4 is 12.6 Å². The van der Waals surface area contributed by atoms with Gasteiger partial charge in [0, 0.05) is 0 Å². The quantitative estimate of drug-likeness (QED) is 0.282. The fourth-order valence-electron chi connectivity index (χ4n) is 0.178. The van der Waals surface area contributed by atoms with E-state index in [1.54, 1.807) is 25.7 Å². The molecule has 0 amide bonds. The van der Waals surface area contributed by atoms with Crippen molar-refractivity contribution in [3.63, 3.8) is 0 Å². The molecular weight excluding hydrogens is 88.1 g/mol. The molecule has 0 radical (unpaired) electrons. The predicted molar refractivity (Wildman–Crippen MR) is 33.5 cm³/mol. The van der Waals surface area contributed by atoms with Crippen LogP contribution in [0.5, 0.6) is 0 Å². The lowest BCUT2D eigenvalue weighted by atomic mass is 10.7. The van der Waals surface area contributed by atoms with Gasteiger partial charge in [0.15, 0.2) is 6.21 Å². The number of rotatable bonds is 2. The lowest BCUT2D eigenvalue weighted by Gasteiger charge is -1.60. The van der Waals surface area contributed by atoms with Crippen molar-refractivity contribution in [1.29, 1.82) is 0 Å². The molecule has 38 valence electrons. The molecule has 1 N–H and O–H groups in total. The van der Waals surface area contributed by atoms with Gasteiger partial charge in [-0.2, -0.15) is 0 Å². The summed E-state index contributed by atoms with van der Waals surface area (Å²) in [4.78, 5) is 0. The predicted octanol–water partition coefficient (Wildman–Crippen LogP) is -0.442. The third-order valence-electron chi connectivity index (χ3n) is 0.395. The smallest absolute Gasteiger partial charge is 0.270 e. The van der Waals surface area contributed by atoms with E-state index in [4.69, 9.17) is 0 Å². The molecule has 0 bridgehead atoms. The third kappa shape index (κ3) is 4.99. The van der Waals surface area contributed by atoms with Crippen molar-refractivity contribution in [1.82, 2.24) is 9.98 Å². The van der Waals surface area contributed by atoms with Crippen LogP contribution in [0.15, 0.2) is 12.7 Å². The molecule has 0 heterocycles. The minimum absolute atomic E-state index is 1.58. The van der Waals surface area contributed by atoms with E-state index < -0.39 is 0 Å². The fourth-order valence-corrected chi connectivity index (χ4v) is 0.178. The molecule has 0 aliphatic carbocycles. The molecule has 2 nitrogen and oxygen atoms in total. The average Bonchev–Trinajstić information content (AvgIpc) is 1.69. The summed E-state index contributed by atoms with van der Waals surface area (Å²) in [6, 6.07) is 0. The molecule has 0 saturated heterocycles. The molecule has 0 aromatic heterocycles. The van der Waals surface area contributed by atoms with Crippen LogP contribution in [-0.2, 0) is 0 Å². The molecule has 2 heteroatoms. The van der Waals surface area contributed by atoms with E-state index in [2.05, 4.69) is 16.6 Å². The molecule has 0 unspecified atom stereocenters. The Bertz CT molecular complexity index is 98.6. The van der Waals surface area contributed by atoms with Crippen molar-refractivity contribution in [3.05, 3.63) is 12.7 Å². The highest BCUT2D eigenvalue weighted by atomic mass is 14.8. The zero-order valence-electron chi connectivity index (χ0n) is 4.39.